The summed E-state index contributed by atoms with van der Waals surface area (Å²) in [5.41, 5.74) is -0.822. The summed E-state index contributed by atoms with van der Waals surface area (Å²) in [4.78, 5) is 10.2. The van der Waals surface area contributed by atoms with Gasteiger partial charge in [-0.25, -0.2) is 0 Å². The zero-order chi connectivity index (χ0) is 14.2. The minimum atomic E-state index is -4.48. The first kappa shape index (κ1) is 13.7. The fourth-order valence-corrected chi connectivity index (χ4v) is 2.12. The van der Waals surface area contributed by atoms with Gasteiger partial charge in [-0.3, -0.25) is 0 Å². The van der Waals surface area contributed by atoms with Crippen LogP contribution in [0.15, 0.2) is 27.1 Å². The lowest BCUT2D eigenvalue weighted by Gasteiger charge is -2.06. The van der Waals surface area contributed by atoms with Crippen LogP contribution in [0.4, 0.5) is 18.0 Å². The number of fused-ring (bicyclic) bond motifs is 1. The van der Waals surface area contributed by atoms with E-state index in [1.807, 2.05) is 5.32 Å². The number of benzene rings is 1. The molecule has 1 aromatic heterocycles. The van der Waals surface area contributed by atoms with Gasteiger partial charge in [0.05, 0.1) is 12.1 Å². The van der Waals surface area contributed by atoms with Crippen molar-refractivity contribution < 1.29 is 27.5 Å². The van der Waals surface area contributed by atoms with Crippen molar-refractivity contribution in [1.82, 2.24) is 5.32 Å². The molecule has 0 atom stereocenters. The number of furan rings is 1. The van der Waals surface area contributed by atoms with Crippen LogP contribution < -0.4 is 10.4 Å². The lowest BCUT2D eigenvalue weighted by Crippen LogP contribution is -2.35. The summed E-state index contributed by atoms with van der Waals surface area (Å²) in [6.07, 6.45) is -5.97. The second-order valence-electron chi connectivity index (χ2n) is 3.72. The first-order valence-electron chi connectivity index (χ1n) is 5.01. The Kier molecular flexibility index (Phi) is 3.44. The minimum Gasteiger partial charge on any atom is -0.530 e. The van der Waals surface area contributed by atoms with Crippen LogP contribution in [0.25, 0.3) is 11.0 Å². The molecule has 2 rings (SSSR count). The summed E-state index contributed by atoms with van der Waals surface area (Å²) in [6.45, 7) is -0.176. The molecule has 19 heavy (non-hydrogen) atoms. The van der Waals surface area contributed by atoms with E-state index in [1.165, 1.54) is 6.07 Å². The molecule has 0 bridgehead atoms. The first-order chi connectivity index (χ1) is 8.77. The molecule has 4 nitrogen and oxygen atoms in total. The normalized spacial score (nSPS) is 11.8. The summed E-state index contributed by atoms with van der Waals surface area (Å²) >= 11 is 3.02. The SMILES string of the molecule is O=C([O-])NCc1cc2c(Br)cc(C(F)(F)F)cc2o1. The highest BCUT2D eigenvalue weighted by Gasteiger charge is 2.31. The Morgan fingerprint density at radius 2 is 2.05 bits per heavy atom. The fourth-order valence-electron chi connectivity index (χ4n) is 1.56. The molecule has 2 aromatic rings. The van der Waals surface area contributed by atoms with Crippen molar-refractivity contribution in [2.45, 2.75) is 12.7 Å². The molecule has 102 valence electrons. The van der Waals surface area contributed by atoms with Crippen molar-refractivity contribution in [3.8, 4) is 0 Å². The van der Waals surface area contributed by atoms with Gasteiger partial charge in [0.15, 0.2) is 0 Å². The number of amides is 1. The lowest BCUT2D eigenvalue weighted by atomic mass is 10.1. The van der Waals surface area contributed by atoms with Gasteiger partial charge in [0.2, 0.25) is 0 Å². The summed E-state index contributed by atoms with van der Waals surface area (Å²) in [6, 6.07) is 3.26. The van der Waals surface area contributed by atoms with Crippen molar-refractivity contribution >= 4 is 33.0 Å². The van der Waals surface area contributed by atoms with Gasteiger partial charge < -0.3 is 19.6 Å². The maximum Gasteiger partial charge on any atom is 0.416 e. The molecule has 0 saturated heterocycles. The Morgan fingerprint density at radius 3 is 2.63 bits per heavy atom. The molecule has 0 saturated carbocycles. The molecule has 0 spiro atoms. The maximum absolute atomic E-state index is 12.6. The number of halogens is 4. The van der Waals surface area contributed by atoms with Crippen LogP contribution in [0, 0.1) is 0 Å². The Balaban J connectivity index is 2.42. The van der Waals surface area contributed by atoms with Crippen molar-refractivity contribution in [1.29, 1.82) is 0 Å². The zero-order valence-electron chi connectivity index (χ0n) is 9.18. The van der Waals surface area contributed by atoms with Crippen LogP contribution in [-0.4, -0.2) is 6.09 Å². The predicted molar refractivity (Wildman–Crippen MR) is 61.2 cm³/mol. The van der Waals surface area contributed by atoms with E-state index in [2.05, 4.69) is 15.9 Å². The highest BCUT2D eigenvalue weighted by Crippen LogP contribution is 2.36. The Hall–Kier alpha value is -1.70. The number of hydrogen-bond acceptors (Lipinski definition) is 3. The van der Waals surface area contributed by atoms with Crippen molar-refractivity contribution in [2.24, 2.45) is 0 Å². The second kappa shape index (κ2) is 4.76. The van der Waals surface area contributed by atoms with Crippen LogP contribution >= 0.6 is 15.9 Å². The van der Waals surface area contributed by atoms with Gasteiger partial charge in [-0.15, -0.1) is 0 Å². The van der Waals surface area contributed by atoms with Crippen LogP contribution in [-0.2, 0) is 12.7 Å². The minimum absolute atomic E-state index is 0.0249. The number of carbonyl (C=O) groups excluding carboxylic acids is 1. The van der Waals surface area contributed by atoms with E-state index in [9.17, 15) is 23.1 Å². The maximum atomic E-state index is 12.6. The fraction of sp³-hybridized carbons (Fsp3) is 0.182. The van der Waals surface area contributed by atoms with Gasteiger partial charge in [-0.1, -0.05) is 15.9 Å². The number of alkyl halides is 3. The van der Waals surface area contributed by atoms with E-state index in [4.69, 9.17) is 4.42 Å². The monoisotopic (exact) mass is 336 g/mol. The molecule has 0 aliphatic carbocycles. The van der Waals surface area contributed by atoms with Crippen molar-refractivity contribution in [3.05, 3.63) is 34.0 Å². The van der Waals surface area contributed by atoms with Gasteiger partial charge in [0.1, 0.15) is 17.4 Å². The van der Waals surface area contributed by atoms with Gasteiger partial charge in [0.25, 0.3) is 0 Å². The summed E-state index contributed by atoms with van der Waals surface area (Å²) in [5.74, 6) is 0.194. The quantitative estimate of drug-likeness (QED) is 0.916. The van der Waals surface area contributed by atoms with E-state index < -0.39 is 17.8 Å². The smallest absolute Gasteiger partial charge is 0.416 e. The van der Waals surface area contributed by atoms with Crippen molar-refractivity contribution in [3.63, 3.8) is 0 Å². The molecule has 0 radical (unpaired) electrons. The summed E-state index contributed by atoms with van der Waals surface area (Å²) < 4.78 is 43.2. The van der Waals surface area contributed by atoms with E-state index in [-0.39, 0.29) is 22.4 Å². The molecule has 1 heterocycles. The highest BCUT2D eigenvalue weighted by molar-refractivity contribution is 9.10. The molecule has 0 unspecified atom stereocenters. The largest absolute Gasteiger partial charge is 0.530 e. The van der Waals surface area contributed by atoms with Crippen LogP contribution in [0.3, 0.4) is 0 Å². The molecular formula is C11H6BrF3NO3-. The average Bonchev–Trinajstić information content (AvgIpc) is 2.68. The average molecular weight is 337 g/mol. The Morgan fingerprint density at radius 1 is 1.37 bits per heavy atom. The van der Waals surface area contributed by atoms with Crippen LogP contribution in [0.5, 0.6) is 0 Å². The van der Waals surface area contributed by atoms with Gasteiger partial charge in [-0.2, -0.15) is 13.2 Å². The number of hydrogen-bond donors (Lipinski definition) is 1. The number of carbonyl (C=O) groups is 1. The summed E-state index contributed by atoms with van der Waals surface area (Å²) in [5, 5.41) is 12.6. The third-order valence-electron chi connectivity index (χ3n) is 2.37. The van der Waals surface area contributed by atoms with Gasteiger partial charge >= 0.3 is 6.18 Å². The van der Waals surface area contributed by atoms with Gasteiger partial charge in [-0.05, 0) is 18.2 Å². The molecule has 1 amide bonds. The number of carboxylic acid groups (broad SMARTS) is 1. The standard InChI is InChI=1S/C11H7BrF3NO3/c12-8-1-5(11(13,14)15)2-9-7(8)3-6(19-9)4-16-10(17)18/h1-3,16H,4H2,(H,17,18)/p-1. The lowest BCUT2D eigenvalue weighted by molar-refractivity contribution is -0.251. The Labute approximate surface area is 113 Å². The second-order valence-corrected chi connectivity index (χ2v) is 4.58. The molecular weight excluding hydrogens is 331 g/mol. The molecule has 8 heteroatoms. The topological polar surface area (TPSA) is 65.3 Å². The molecule has 1 aromatic carbocycles. The highest BCUT2D eigenvalue weighted by atomic mass is 79.9. The molecule has 0 aliphatic heterocycles. The molecule has 0 fully saturated rings. The number of rotatable bonds is 2. The summed E-state index contributed by atoms with van der Waals surface area (Å²) in [7, 11) is 0. The third-order valence-corrected chi connectivity index (χ3v) is 3.03. The Bertz CT molecular complexity index is 636. The predicted octanol–water partition coefficient (Wildman–Crippen LogP) is 2.65. The number of nitrogens with one attached hydrogen (secondary N) is 1. The van der Waals surface area contributed by atoms with Crippen LogP contribution in [0.1, 0.15) is 11.3 Å². The van der Waals surface area contributed by atoms with E-state index >= 15 is 0 Å². The van der Waals surface area contributed by atoms with E-state index in [1.54, 1.807) is 0 Å². The van der Waals surface area contributed by atoms with Gasteiger partial charge in [0, 0.05) is 9.86 Å². The zero-order valence-corrected chi connectivity index (χ0v) is 10.8. The van der Waals surface area contributed by atoms with E-state index in [0.717, 1.165) is 12.1 Å². The van der Waals surface area contributed by atoms with Crippen molar-refractivity contribution in [2.75, 3.05) is 0 Å². The van der Waals surface area contributed by atoms with Crippen LogP contribution in [0.2, 0.25) is 0 Å². The first-order valence-corrected chi connectivity index (χ1v) is 5.80. The third kappa shape index (κ3) is 3.01. The van der Waals surface area contributed by atoms with E-state index in [0.29, 0.717) is 5.39 Å². The molecule has 0 aliphatic rings. The molecule has 1 N–H and O–H groups in total.